The molecule has 0 aliphatic heterocycles. The van der Waals surface area contributed by atoms with E-state index in [1.54, 1.807) is 0 Å². The molecule has 10 nitrogen and oxygen atoms in total. The third-order valence-electron chi connectivity index (χ3n) is 4.07. The molecule has 0 spiro atoms. The van der Waals surface area contributed by atoms with E-state index in [0.717, 1.165) is 17.4 Å². The van der Waals surface area contributed by atoms with Gasteiger partial charge in [-0.1, -0.05) is 0 Å². The molecule has 1 aromatic carbocycles. The number of hydrogen-bond donors (Lipinski definition) is 3. The van der Waals surface area contributed by atoms with Gasteiger partial charge in [-0.3, -0.25) is 10.0 Å². The minimum absolute atomic E-state index is 0.0899. The lowest BCUT2D eigenvalue weighted by Gasteiger charge is -2.38. The Balaban J connectivity index is 2.35. The summed E-state index contributed by atoms with van der Waals surface area (Å²) < 4.78 is 118. The number of ether oxygens (including phenoxy) is 2. The van der Waals surface area contributed by atoms with E-state index in [-0.39, 0.29) is 11.7 Å². The number of sulfonamides is 1. The van der Waals surface area contributed by atoms with Crippen molar-refractivity contribution < 1.29 is 49.0 Å². The minimum atomic E-state index is -6.08. The summed E-state index contributed by atoms with van der Waals surface area (Å²) in [6.45, 7) is 2.45. The van der Waals surface area contributed by atoms with Crippen molar-refractivity contribution in [2.24, 2.45) is 0 Å². The Kier molecular flexibility index (Phi) is 7.93. The Bertz CT molecular complexity index is 1110. The lowest BCUT2D eigenvalue weighted by Crippen LogP contribution is -2.72. The molecular formula is C18H19F6N5O5S. The standard InChI is InChI=1S/C18H19F6N5O5S/c1-10(2)34-15(30)26-16(17(19,20)21,18(22,23)24)25-11-4-6-12(7-5-11)35(31,32)29-13-8-9-14(33-3)28-27-13/h4-10,25H,1-3H3,(H,26,30)(H,27,29). The lowest BCUT2D eigenvalue weighted by atomic mass is 10.1. The van der Waals surface area contributed by atoms with E-state index in [4.69, 9.17) is 4.74 Å². The topological polar surface area (TPSA) is 132 Å². The molecule has 0 aliphatic rings. The minimum Gasteiger partial charge on any atom is -0.480 e. The molecule has 0 atom stereocenters. The van der Waals surface area contributed by atoms with Crippen LogP contribution < -0.4 is 20.1 Å². The predicted molar refractivity (Wildman–Crippen MR) is 109 cm³/mol. The largest absolute Gasteiger partial charge is 0.480 e. The fourth-order valence-corrected chi connectivity index (χ4v) is 3.48. The predicted octanol–water partition coefficient (Wildman–Crippen LogP) is 3.65. The van der Waals surface area contributed by atoms with Crippen LogP contribution in [0.2, 0.25) is 0 Å². The van der Waals surface area contributed by atoms with E-state index >= 15 is 0 Å². The van der Waals surface area contributed by atoms with Gasteiger partial charge < -0.3 is 14.8 Å². The summed E-state index contributed by atoms with van der Waals surface area (Å²) in [5.41, 5.74) is -5.75. The first-order chi connectivity index (χ1) is 16.0. The van der Waals surface area contributed by atoms with Crippen LogP contribution in [0, 0.1) is 0 Å². The van der Waals surface area contributed by atoms with Gasteiger partial charge in [-0.15, -0.1) is 10.2 Å². The summed E-state index contributed by atoms with van der Waals surface area (Å²) in [5.74, 6) is -0.138. The van der Waals surface area contributed by atoms with Crippen molar-refractivity contribution >= 4 is 27.6 Å². The number of carbonyl (C=O) groups is 1. The molecule has 0 saturated heterocycles. The van der Waals surface area contributed by atoms with Gasteiger partial charge in [0.05, 0.1) is 18.1 Å². The lowest BCUT2D eigenvalue weighted by molar-refractivity contribution is -0.295. The number of nitrogens with zero attached hydrogens (tertiary/aromatic N) is 2. The molecule has 0 radical (unpaired) electrons. The van der Waals surface area contributed by atoms with E-state index < -0.39 is 50.8 Å². The average molecular weight is 531 g/mol. The number of amides is 1. The van der Waals surface area contributed by atoms with E-state index in [2.05, 4.69) is 14.9 Å². The highest BCUT2D eigenvalue weighted by Crippen LogP contribution is 2.43. The van der Waals surface area contributed by atoms with Gasteiger partial charge in [-0.2, -0.15) is 26.3 Å². The Morgan fingerprint density at radius 3 is 1.94 bits per heavy atom. The molecule has 1 aromatic heterocycles. The second-order valence-corrected chi connectivity index (χ2v) is 8.72. The molecule has 0 fully saturated rings. The van der Waals surface area contributed by atoms with Crippen LogP contribution in [0.4, 0.5) is 42.6 Å². The van der Waals surface area contributed by atoms with Crippen molar-refractivity contribution in [2.45, 2.75) is 42.9 Å². The van der Waals surface area contributed by atoms with Crippen LogP contribution in [0.25, 0.3) is 0 Å². The second kappa shape index (κ2) is 10.0. The maximum Gasteiger partial charge on any atom is 0.439 e. The SMILES string of the molecule is COc1ccc(NS(=O)(=O)c2ccc(NC(NC(=O)OC(C)C)(C(F)(F)F)C(F)(F)F)cc2)nn1. The average Bonchev–Trinajstić information content (AvgIpc) is 2.71. The van der Waals surface area contributed by atoms with Gasteiger partial charge in [0.1, 0.15) is 0 Å². The van der Waals surface area contributed by atoms with Gasteiger partial charge in [0, 0.05) is 11.8 Å². The molecule has 17 heteroatoms. The van der Waals surface area contributed by atoms with Crippen molar-refractivity contribution in [3.8, 4) is 5.88 Å². The Morgan fingerprint density at radius 1 is 0.943 bits per heavy atom. The quantitative estimate of drug-likeness (QED) is 0.348. The van der Waals surface area contributed by atoms with Crippen LogP contribution in [-0.2, 0) is 14.8 Å². The maximum atomic E-state index is 13.6. The molecular weight excluding hydrogens is 512 g/mol. The number of alkyl halides is 6. The summed E-state index contributed by atoms with van der Waals surface area (Å²) in [6, 6.07) is 5.29. The van der Waals surface area contributed by atoms with E-state index in [0.29, 0.717) is 12.1 Å². The number of anilines is 2. The number of carbonyl (C=O) groups excluding carboxylic acids is 1. The van der Waals surface area contributed by atoms with Crippen LogP contribution in [0.15, 0.2) is 41.3 Å². The van der Waals surface area contributed by atoms with Crippen molar-refractivity contribution in [3.05, 3.63) is 36.4 Å². The van der Waals surface area contributed by atoms with Gasteiger partial charge in [-0.05, 0) is 44.2 Å². The van der Waals surface area contributed by atoms with Crippen LogP contribution in [-0.4, -0.2) is 55.9 Å². The maximum absolute atomic E-state index is 13.6. The highest BCUT2D eigenvalue weighted by molar-refractivity contribution is 7.92. The van der Waals surface area contributed by atoms with E-state index in [9.17, 15) is 39.6 Å². The van der Waals surface area contributed by atoms with E-state index in [1.165, 1.54) is 38.4 Å². The third-order valence-corrected chi connectivity index (χ3v) is 5.44. The molecule has 0 bridgehead atoms. The number of nitrogens with one attached hydrogen (secondary N) is 3. The van der Waals surface area contributed by atoms with Gasteiger partial charge in [0.15, 0.2) is 5.82 Å². The number of hydrogen-bond acceptors (Lipinski definition) is 8. The fourth-order valence-electron chi connectivity index (χ4n) is 2.49. The summed E-state index contributed by atoms with van der Waals surface area (Å²) in [4.78, 5) is 11.2. The molecule has 0 saturated carbocycles. The first kappa shape index (κ1) is 27.7. The van der Waals surface area contributed by atoms with Crippen molar-refractivity contribution in [1.82, 2.24) is 15.5 Å². The van der Waals surface area contributed by atoms with Gasteiger partial charge >= 0.3 is 24.1 Å². The molecule has 35 heavy (non-hydrogen) atoms. The summed E-state index contributed by atoms with van der Waals surface area (Å²) in [5, 5.41) is 9.10. The molecule has 2 rings (SSSR count). The first-order valence-corrected chi connectivity index (χ1v) is 10.9. The summed E-state index contributed by atoms with van der Waals surface area (Å²) in [7, 11) is -3.03. The van der Waals surface area contributed by atoms with Crippen LogP contribution in [0.3, 0.4) is 0 Å². The normalized spacial score (nSPS) is 12.7. The monoisotopic (exact) mass is 531 g/mol. The Hall–Kier alpha value is -3.50. The molecule has 1 amide bonds. The highest BCUT2D eigenvalue weighted by atomic mass is 32.2. The Labute approximate surface area is 195 Å². The molecule has 3 N–H and O–H groups in total. The third kappa shape index (κ3) is 6.55. The van der Waals surface area contributed by atoms with Gasteiger partial charge in [0.2, 0.25) is 5.88 Å². The molecule has 0 unspecified atom stereocenters. The number of alkyl carbamates (subject to hydrolysis) is 1. The fraction of sp³-hybridized carbons (Fsp3) is 0.389. The van der Waals surface area contributed by atoms with Crippen LogP contribution in [0.1, 0.15) is 13.8 Å². The van der Waals surface area contributed by atoms with Crippen molar-refractivity contribution in [3.63, 3.8) is 0 Å². The number of aromatic nitrogens is 2. The smallest absolute Gasteiger partial charge is 0.439 e. The second-order valence-electron chi connectivity index (χ2n) is 7.04. The van der Waals surface area contributed by atoms with Crippen molar-refractivity contribution in [1.29, 1.82) is 0 Å². The zero-order valence-electron chi connectivity index (χ0n) is 18.2. The van der Waals surface area contributed by atoms with Gasteiger partial charge in [-0.25, -0.2) is 13.2 Å². The molecule has 1 heterocycles. The van der Waals surface area contributed by atoms with Crippen LogP contribution >= 0.6 is 0 Å². The first-order valence-electron chi connectivity index (χ1n) is 9.42. The summed E-state index contributed by atoms with van der Waals surface area (Å²) in [6.07, 6.45) is -15.2. The van der Waals surface area contributed by atoms with Crippen LogP contribution in [0.5, 0.6) is 5.88 Å². The molecule has 194 valence electrons. The van der Waals surface area contributed by atoms with Crippen molar-refractivity contribution in [2.75, 3.05) is 17.1 Å². The van der Waals surface area contributed by atoms with E-state index in [1.807, 2.05) is 4.72 Å². The molecule has 0 aliphatic carbocycles. The number of benzene rings is 1. The molecule has 2 aromatic rings. The zero-order chi connectivity index (χ0) is 26.7. The zero-order valence-corrected chi connectivity index (χ0v) is 19.0. The number of halogens is 6. The Morgan fingerprint density at radius 2 is 1.51 bits per heavy atom. The number of methoxy groups -OCH3 is 1. The summed E-state index contributed by atoms with van der Waals surface area (Å²) >= 11 is 0. The van der Waals surface area contributed by atoms with Gasteiger partial charge in [0.25, 0.3) is 10.0 Å². The number of rotatable bonds is 8. The highest BCUT2D eigenvalue weighted by Gasteiger charge is 2.73.